The van der Waals surface area contributed by atoms with Gasteiger partial charge in [-0.15, -0.1) is 6.58 Å². The zero-order valence-electron chi connectivity index (χ0n) is 11.1. The highest BCUT2D eigenvalue weighted by Gasteiger charge is 2.31. The molecule has 0 aromatic heterocycles. The average Bonchev–Trinajstić information content (AvgIpc) is 2.82. The van der Waals surface area contributed by atoms with E-state index in [4.69, 9.17) is 5.73 Å². The minimum atomic E-state index is -0.369. The fourth-order valence-electron chi connectivity index (χ4n) is 2.42. The molecule has 1 rings (SSSR count). The second kappa shape index (κ2) is 7.90. The molecule has 0 saturated carbocycles. The number of carbonyl (C=O) groups is 2. The summed E-state index contributed by atoms with van der Waals surface area (Å²) in [7, 11) is 0. The molecule has 4 nitrogen and oxygen atoms in total. The van der Waals surface area contributed by atoms with Crippen LogP contribution in [0.5, 0.6) is 0 Å². The van der Waals surface area contributed by atoms with Gasteiger partial charge in [0.1, 0.15) is 6.04 Å². The maximum Gasteiger partial charge on any atom is 0.240 e. The summed E-state index contributed by atoms with van der Waals surface area (Å²) in [6.07, 6.45) is 9.37. The third-order valence-electron chi connectivity index (χ3n) is 3.45. The van der Waals surface area contributed by atoms with E-state index in [2.05, 4.69) is 6.58 Å². The summed E-state index contributed by atoms with van der Waals surface area (Å²) in [5.41, 5.74) is 5.29. The van der Waals surface area contributed by atoms with Crippen LogP contribution >= 0.6 is 0 Å². The van der Waals surface area contributed by atoms with Crippen LogP contribution in [0.2, 0.25) is 0 Å². The van der Waals surface area contributed by atoms with Gasteiger partial charge in [0.25, 0.3) is 0 Å². The van der Waals surface area contributed by atoms with Gasteiger partial charge < -0.3 is 10.6 Å². The molecular formula is C14H24N2O2. The molecule has 1 fully saturated rings. The molecular weight excluding hydrogens is 228 g/mol. The maximum atomic E-state index is 12.0. The molecule has 18 heavy (non-hydrogen) atoms. The topological polar surface area (TPSA) is 63.4 Å². The predicted molar refractivity (Wildman–Crippen MR) is 71.8 cm³/mol. The quantitative estimate of drug-likeness (QED) is 0.530. The zero-order chi connectivity index (χ0) is 13.4. The smallest absolute Gasteiger partial charge is 0.240 e. The molecule has 1 saturated heterocycles. The summed E-state index contributed by atoms with van der Waals surface area (Å²) in [6.45, 7) is 4.36. The number of allylic oxidation sites excluding steroid dienone is 1. The lowest BCUT2D eigenvalue weighted by Crippen LogP contribution is -2.43. The standard InChI is InChI=1S/C14H24N2O2/c1-2-3-4-5-6-7-10-13(17)16-11-8-9-12(16)14(15)18/h2,12H,1,3-11H2,(H2,15,18). The number of amides is 2. The van der Waals surface area contributed by atoms with Gasteiger partial charge in [0.05, 0.1) is 0 Å². The van der Waals surface area contributed by atoms with Crippen molar-refractivity contribution in [2.45, 2.75) is 57.4 Å². The summed E-state index contributed by atoms with van der Waals surface area (Å²) in [5, 5.41) is 0. The minimum absolute atomic E-state index is 0.0834. The molecule has 1 atom stereocenters. The van der Waals surface area contributed by atoms with Gasteiger partial charge in [0.15, 0.2) is 0 Å². The lowest BCUT2D eigenvalue weighted by Gasteiger charge is -2.22. The third kappa shape index (κ3) is 4.51. The lowest BCUT2D eigenvalue weighted by atomic mass is 10.1. The maximum absolute atomic E-state index is 12.0. The molecule has 0 bridgehead atoms. The highest BCUT2D eigenvalue weighted by atomic mass is 16.2. The average molecular weight is 252 g/mol. The summed E-state index contributed by atoms with van der Waals surface area (Å²) in [5.74, 6) is -0.285. The van der Waals surface area contributed by atoms with E-state index >= 15 is 0 Å². The number of rotatable bonds is 8. The number of unbranched alkanes of at least 4 members (excludes halogenated alkanes) is 4. The van der Waals surface area contributed by atoms with Crippen molar-refractivity contribution in [3.63, 3.8) is 0 Å². The third-order valence-corrected chi connectivity index (χ3v) is 3.45. The van der Waals surface area contributed by atoms with E-state index in [9.17, 15) is 9.59 Å². The Morgan fingerprint density at radius 1 is 1.28 bits per heavy atom. The number of hydrogen-bond acceptors (Lipinski definition) is 2. The largest absolute Gasteiger partial charge is 0.368 e. The van der Waals surface area contributed by atoms with Gasteiger partial charge in [-0.1, -0.05) is 18.9 Å². The molecule has 0 spiro atoms. The SMILES string of the molecule is C=CCCCCCCC(=O)N1CCCC1C(N)=O. The number of hydrogen-bond donors (Lipinski definition) is 1. The Hall–Kier alpha value is -1.32. The van der Waals surface area contributed by atoms with Crippen LogP contribution in [0, 0.1) is 0 Å². The molecule has 0 radical (unpaired) electrons. The second-order valence-electron chi connectivity index (χ2n) is 4.89. The summed E-state index contributed by atoms with van der Waals surface area (Å²) in [6, 6.07) is -0.363. The van der Waals surface area contributed by atoms with Crippen LogP contribution < -0.4 is 5.73 Å². The normalized spacial score (nSPS) is 18.9. The Balaban J connectivity index is 2.20. The van der Waals surface area contributed by atoms with Crippen LogP contribution in [0.4, 0.5) is 0 Å². The fourth-order valence-corrected chi connectivity index (χ4v) is 2.42. The Bertz CT molecular complexity index is 302. The van der Waals surface area contributed by atoms with Crippen molar-refractivity contribution < 1.29 is 9.59 Å². The fraction of sp³-hybridized carbons (Fsp3) is 0.714. The Labute approximate surface area is 109 Å². The van der Waals surface area contributed by atoms with E-state index < -0.39 is 0 Å². The highest BCUT2D eigenvalue weighted by molar-refractivity contribution is 5.87. The van der Waals surface area contributed by atoms with E-state index in [1.165, 1.54) is 0 Å². The number of nitrogens with zero attached hydrogens (tertiary/aromatic N) is 1. The summed E-state index contributed by atoms with van der Waals surface area (Å²) >= 11 is 0. The molecule has 2 amide bonds. The van der Waals surface area contributed by atoms with Gasteiger partial charge in [-0.3, -0.25) is 9.59 Å². The van der Waals surface area contributed by atoms with Gasteiger partial charge in [0, 0.05) is 13.0 Å². The Morgan fingerprint density at radius 2 is 2.00 bits per heavy atom. The van der Waals surface area contributed by atoms with Crippen LogP contribution in [0.25, 0.3) is 0 Å². The Morgan fingerprint density at radius 3 is 2.67 bits per heavy atom. The molecule has 102 valence electrons. The van der Waals surface area contributed by atoms with Crippen molar-refractivity contribution in [1.29, 1.82) is 0 Å². The van der Waals surface area contributed by atoms with Crippen LogP contribution in [0.1, 0.15) is 51.4 Å². The van der Waals surface area contributed by atoms with E-state index in [0.29, 0.717) is 13.0 Å². The first kappa shape index (κ1) is 14.7. The first-order valence-corrected chi connectivity index (χ1v) is 6.86. The monoisotopic (exact) mass is 252 g/mol. The molecule has 1 heterocycles. The van der Waals surface area contributed by atoms with Gasteiger partial charge in [0.2, 0.25) is 11.8 Å². The molecule has 1 aliphatic rings. The van der Waals surface area contributed by atoms with Crippen LogP contribution in [-0.2, 0) is 9.59 Å². The summed E-state index contributed by atoms with van der Waals surface area (Å²) < 4.78 is 0. The van der Waals surface area contributed by atoms with E-state index in [-0.39, 0.29) is 17.9 Å². The molecule has 0 aromatic carbocycles. The van der Waals surface area contributed by atoms with Gasteiger partial charge >= 0.3 is 0 Å². The predicted octanol–water partition coefficient (Wildman–Crippen LogP) is 1.99. The van der Waals surface area contributed by atoms with Crippen molar-refractivity contribution in [2.24, 2.45) is 5.73 Å². The van der Waals surface area contributed by atoms with Gasteiger partial charge in [-0.25, -0.2) is 0 Å². The van der Waals surface area contributed by atoms with Crippen molar-refractivity contribution in [2.75, 3.05) is 6.54 Å². The van der Waals surface area contributed by atoms with Crippen LogP contribution in [0.15, 0.2) is 12.7 Å². The lowest BCUT2D eigenvalue weighted by molar-refractivity contribution is -0.137. The van der Waals surface area contributed by atoms with Gasteiger partial charge in [-0.05, 0) is 32.1 Å². The molecule has 0 aliphatic carbocycles. The molecule has 1 unspecified atom stereocenters. The first-order valence-electron chi connectivity index (χ1n) is 6.86. The van der Waals surface area contributed by atoms with Crippen molar-refractivity contribution in [1.82, 2.24) is 4.90 Å². The molecule has 4 heteroatoms. The molecule has 0 aromatic rings. The van der Waals surface area contributed by atoms with Gasteiger partial charge in [-0.2, -0.15) is 0 Å². The number of primary amides is 1. The van der Waals surface area contributed by atoms with Crippen molar-refractivity contribution >= 4 is 11.8 Å². The van der Waals surface area contributed by atoms with Crippen LogP contribution in [0.3, 0.4) is 0 Å². The first-order chi connectivity index (χ1) is 8.66. The number of carbonyl (C=O) groups excluding carboxylic acids is 2. The molecule has 1 aliphatic heterocycles. The number of nitrogens with two attached hydrogens (primary N) is 1. The minimum Gasteiger partial charge on any atom is -0.368 e. The van der Waals surface area contributed by atoms with Crippen molar-refractivity contribution in [3.05, 3.63) is 12.7 Å². The van der Waals surface area contributed by atoms with Crippen molar-refractivity contribution in [3.8, 4) is 0 Å². The summed E-state index contributed by atoms with van der Waals surface area (Å²) in [4.78, 5) is 24.8. The van der Waals surface area contributed by atoms with E-state index in [1.54, 1.807) is 4.90 Å². The zero-order valence-corrected chi connectivity index (χ0v) is 11.1. The van der Waals surface area contributed by atoms with E-state index in [1.807, 2.05) is 6.08 Å². The number of likely N-dealkylation sites (tertiary alicyclic amines) is 1. The highest BCUT2D eigenvalue weighted by Crippen LogP contribution is 2.19. The van der Waals surface area contributed by atoms with E-state index in [0.717, 1.165) is 44.9 Å². The Kier molecular flexibility index (Phi) is 6.47. The molecule has 2 N–H and O–H groups in total. The second-order valence-corrected chi connectivity index (χ2v) is 4.89. The van der Waals surface area contributed by atoms with Crippen LogP contribution in [-0.4, -0.2) is 29.3 Å².